The molecular formula is C22H24O4. The standard InChI is InChI=1S/C22H24O4/c1-3-4-5-11-16-25-22(23)19-14-9-10-15-20(19)26-17-21(24-2)18-12-7-6-8-13-18/h4-10,12-15,17H,3,11,16H2,1-2H3/b5-4-,21-17?. The molecular weight excluding hydrogens is 328 g/mol. The Kier molecular flexibility index (Phi) is 8.00. The molecule has 0 fully saturated rings. The zero-order valence-electron chi connectivity index (χ0n) is 15.2. The van der Waals surface area contributed by atoms with E-state index in [1.807, 2.05) is 42.5 Å². The zero-order valence-corrected chi connectivity index (χ0v) is 15.2. The molecule has 2 aromatic carbocycles. The van der Waals surface area contributed by atoms with Crippen molar-refractivity contribution in [2.75, 3.05) is 13.7 Å². The second-order valence-corrected chi connectivity index (χ2v) is 5.47. The van der Waals surface area contributed by atoms with E-state index in [0.717, 1.165) is 12.0 Å². The molecule has 0 saturated carbocycles. The lowest BCUT2D eigenvalue weighted by molar-refractivity contribution is 0.0508. The summed E-state index contributed by atoms with van der Waals surface area (Å²) >= 11 is 0. The fraction of sp³-hybridized carbons (Fsp3) is 0.227. The number of allylic oxidation sites excluding steroid dienone is 1. The van der Waals surface area contributed by atoms with Crippen LogP contribution >= 0.6 is 0 Å². The van der Waals surface area contributed by atoms with Crippen LogP contribution in [-0.4, -0.2) is 19.7 Å². The summed E-state index contributed by atoms with van der Waals surface area (Å²) in [4.78, 5) is 12.3. The van der Waals surface area contributed by atoms with Crippen molar-refractivity contribution in [1.82, 2.24) is 0 Å². The molecule has 0 amide bonds. The van der Waals surface area contributed by atoms with Gasteiger partial charge in [0.25, 0.3) is 0 Å². The largest absolute Gasteiger partial charge is 0.493 e. The Labute approximate surface area is 154 Å². The first-order valence-corrected chi connectivity index (χ1v) is 8.63. The highest BCUT2D eigenvalue weighted by atomic mass is 16.5. The normalized spacial score (nSPS) is 11.4. The van der Waals surface area contributed by atoms with Crippen LogP contribution in [0.3, 0.4) is 0 Å². The smallest absolute Gasteiger partial charge is 0.341 e. The third kappa shape index (κ3) is 5.81. The Morgan fingerprint density at radius 3 is 2.46 bits per heavy atom. The minimum atomic E-state index is -0.405. The molecule has 0 spiro atoms. The number of esters is 1. The summed E-state index contributed by atoms with van der Waals surface area (Å²) < 4.78 is 16.4. The molecule has 0 N–H and O–H groups in total. The quantitative estimate of drug-likeness (QED) is 0.268. The SMILES string of the molecule is CC/C=C\CCOC(=O)c1ccccc1OC=C(OC)c1ccccc1. The van der Waals surface area contributed by atoms with Crippen LogP contribution in [0.4, 0.5) is 0 Å². The first-order valence-electron chi connectivity index (χ1n) is 8.63. The molecule has 0 aliphatic rings. The Morgan fingerprint density at radius 2 is 1.73 bits per heavy atom. The fourth-order valence-electron chi connectivity index (χ4n) is 2.27. The number of ether oxygens (including phenoxy) is 3. The lowest BCUT2D eigenvalue weighted by atomic mass is 10.2. The van der Waals surface area contributed by atoms with Crippen LogP contribution in [-0.2, 0) is 9.47 Å². The number of benzene rings is 2. The van der Waals surface area contributed by atoms with E-state index in [9.17, 15) is 4.79 Å². The van der Waals surface area contributed by atoms with Crippen molar-refractivity contribution in [2.24, 2.45) is 0 Å². The summed E-state index contributed by atoms with van der Waals surface area (Å²) in [7, 11) is 1.58. The summed E-state index contributed by atoms with van der Waals surface area (Å²) in [6.07, 6.45) is 7.21. The Hall–Kier alpha value is -3.01. The first-order chi connectivity index (χ1) is 12.8. The van der Waals surface area contributed by atoms with Crippen molar-refractivity contribution in [1.29, 1.82) is 0 Å². The molecule has 2 rings (SSSR count). The first kappa shape index (κ1) is 19.3. The Bertz CT molecular complexity index is 748. The number of hydrogen-bond acceptors (Lipinski definition) is 4. The summed E-state index contributed by atoms with van der Waals surface area (Å²) in [5, 5.41) is 0. The van der Waals surface area contributed by atoms with Crippen molar-refractivity contribution in [3.63, 3.8) is 0 Å². The summed E-state index contributed by atoms with van der Waals surface area (Å²) in [6, 6.07) is 16.6. The summed E-state index contributed by atoms with van der Waals surface area (Å²) in [5.41, 5.74) is 1.27. The van der Waals surface area contributed by atoms with Gasteiger partial charge in [-0.2, -0.15) is 0 Å². The molecule has 4 nitrogen and oxygen atoms in total. The van der Waals surface area contributed by atoms with Gasteiger partial charge in [0, 0.05) is 5.56 Å². The van der Waals surface area contributed by atoms with Crippen LogP contribution < -0.4 is 4.74 Å². The maximum absolute atomic E-state index is 12.3. The van der Waals surface area contributed by atoms with Crippen LogP contribution in [0.5, 0.6) is 5.75 Å². The maximum atomic E-state index is 12.3. The highest BCUT2D eigenvalue weighted by molar-refractivity contribution is 5.92. The molecule has 0 radical (unpaired) electrons. The molecule has 2 aromatic rings. The molecule has 136 valence electrons. The Balaban J connectivity index is 2.07. The van der Waals surface area contributed by atoms with Crippen molar-refractivity contribution < 1.29 is 19.0 Å². The van der Waals surface area contributed by atoms with E-state index in [0.29, 0.717) is 30.1 Å². The van der Waals surface area contributed by atoms with Gasteiger partial charge in [0.2, 0.25) is 0 Å². The minimum absolute atomic E-state index is 0.340. The van der Waals surface area contributed by atoms with Gasteiger partial charge in [0.1, 0.15) is 17.6 Å². The number of methoxy groups -OCH3 is 1. The second-order valence-electron chi connectivity index (χ2n) is 5.47. The third-order valence-corrected chi connectivity index (χ3v) is 3.60. The number of hydrogen-bond donors (Lipinski definition) is 0. The van der Waals surface area contributed by atoms with E-state index in [1.165, 1.54) is 6.26 Å². The number of rotatable bonds is 9. The van der Waals surface area contributed by atoms with E-state index >= 15 is 0 Å². The molecule has 0 bridgehead atoms. The predicted molar refractivity (Wildman–Crippen MR) is 103 cm³/mol. The van der Waals surface area contributed by atoms with E-state index in [-0.39, 0.29) is 0 Å². The fourth-order valence-corrected chi connectivity index (χ4v) is 2.27. The average molecular weight is 352 g/mol. The third-order valence-electron chi connectivity index (χ3n) is 3.60. The molecule has 0 aliphatic heterocycles. The highest BCUT2D eigenvalue weighted by Gasteiger charge is 2.13. The minimum Gasteiger partial charge on any atom is -0.493 e. The van der Waals surface area contributed by atoms with Crippen molar-refractivity contribution >= 4 is 11.7 Å². The molecule has 0 aliphatic carbocycles. The van der Waals surface area contributed by atoms with Crippen molar-refractivity contribution in [3.05, 3.63) is 84.1 Å². The predicted octanol–water partition coefficient (Wildman–Crippen LogP) is 5.22. The van der Waals surface area contributed by atoms with Gasteiger partial charge < -0.3 is 14.2 Å². The number of para-hydroxylation sites is 1. The molecule has 0 unspecified atom stereocenters. The summed E-state index contributed by atoms with van der Waals surface area (Å²) in [5.74, 6) is 0.586. The van der Waals surface area contributed by atoms with Crippen LogP contribution in [0.25, 0.3) is 5.76 Å². The molecule has 0 atom stereocenters. The van der Waals surface area contributed by atoms with Gasteiger partial charge in [-0.3, -0.25) is 0 Å². The van der Waals surface area contributed by atoms with Crippen LogP contribution in [0.15, 0.2) is 73.0 Å². The van der Waals surface area contributed by atoms with Crippen LogP contribution in [0, 0.1) is 0 Å². The van der Waals surface area contributed by atoms with Gasteiger partial charge in [-0.05, 0) is 25.0 Å². The van der Waals surface area contributed by atoms with Crippen molar-refractivity contribution in [3.8, 4) is 5.75 Å². The van der Waals surface area contributed by atoms with Gasteiger partial charge in [0.05, 0.1) is 13.7 Å². The van der Waals surface area contributed by atoms with Gasteiger partial charge in [-0.15, -0.1) is 0 Å². The van der Waals surface area contributed by atoms with Crippen LogP contribution in [0.2, 0.25) is 0 Å². The monoisotopic (exact) mass is 352 g/mol. The van der Waals surface area contributed by atoms with E-state index in [4.69, 9.17) is 14.2 Å². The van der Waals surface area contributed by atoms with Crippen molar-refractivity contribution in [2.45, 2.75) is 19.8 Å². The maximum Gasteiger partial charge on any atom is 0.341 e. The van der Waals surface area contributed by atoms with Gasteiger partial charge in [0.15, 0.2) is 5.76 Å². The molecule has 0 heterocycles. The number of carbonyl (C=O) groups is 1. The van der Waals surface area contributed by atoms with E-state index in [1.54, 1.807) is 31.4 Å². The zero-order chi connectivity index (χ0) is 18.6. The topological polar surface area (TPSA) is 44.8 Å². The molecule has 0 saturated heterocycles. The average Bonchev–Trinajstić information content (AvgIpc) is 2.69. The van der Waals surface area contributed by atoms with E-state index in [2.05, 4.69) is 6.92 Å². The van der Waals surface area contributed by atoms with E-state index < -0.39 is 5.97 Å². The van der Waals surface area contributed by atoms with Gasteiger partial charge in [-0.1, -0.05) is 61.5 Å². The van der Waals surface area contributed by atoms with Gasteiger partial charge in [-0.25, -0.2) is 4.79 Å². The molecule has 0 aromatic heterocycles. The lowest BCUT2D eigenvalue weighted by Crippen LogP contribution is -2.07. The van der Waals surface area contributed by atoms with Gasteiger partial charge >= 0.3 is 5.97 Å². The summed E-state index contributed by atoms with van der Waals surface area (Å²) in [6.45, 7) is 2.40. The van der Waals surface area contributed by atoms with Crippen LogP contribution in [0.1, 0.15) is 35.7 Å². The molecule has 4 heteroatoms. The lowest BCUT2D eigenvalue weighted by Gasteiger charge is -2.10. The second kappa shape index (κ2) is 10.8. The highest BCUT2D eigenvalue weighted by Crippen LogP contribution is 2.22. The number of carbonyl (C=O) groups excluding carboxylic acids is 1. The molecule has 26 heavy (non-hydrogen) atoms. The Morgan fingerprint density at radius 1 is 1.00 bits per heavy atom.